The van der Waals surface area contributed by atoms with Crippen LogP contribution < -0.4 is 16.4 Å². The lowest BCUT2D eigenvalue weighted by atomic mass is 10.1. The average Bonchev–Trinajstić information content (AvgIpc) is 2.62. The molecule has 4 heteroatoms. The molecule has 0 fully saturated rings. The van der Waals surface area contributed by atoms with E-state index in [2.05, 4.69) is 0 Å². The van der Waals surface area contributed by atoms with Crippen molar-refractivity contribution in [3.05, 3.63) is 29.3 Å². The Balaban J connectivity index is 2.38. The van der Waals surface area contributed by atoms with E-state index in [1.807, 2.05) is 25.1 Å². The van der Waals surface area contributed by atoms with Gasteiger partial charge in [0, 0.05) is 24.8 Å². The van der Waals surface area contributed by atoms with Crippen molar-refractivity contribution in [2.75, 3.05) is 11.4 Å². The minimum Gasteiger partial charge on any atom is -0.328 e. The van der Waals surface area contributed by atoms with Crippen LogP contribution in [-0.4, -0.2) is 18.5 Å². The standard InChI is InChI=1S/C12H17N3O/c1-8(6-13)15-11-3-2-9(7-14)4-10(11)5-12(15)16/h2-4,8H,5-7,13-14H2,1H3. The highest BCUT2D eigenvalue weighted by molar-refractivity contribution is 6.01. The highest BCUT2D eigenvalue weighted by Crippen LogP contribution is 2.31. The van der Waals surface area contributed by atoms with Crippen LogP contribution in [0.1, 0.15) is 18.1 Å². The number of hydrogen-bond donors (Lipinski definition) is 2. The topological polar surface area (TPSA) is 72.3 Å². The van der Waals surface area contributed by atoms with E-state index >= 15 is 0 Å². The minimum absolute atomic E-state index is 0.0532. The quantitative estimate of drug-likeness (QED) is 0.772. The maximum Gasteiger partial charge on any atom is 0.231 e. The van der Waals surface area contributed by atoms with E-state index in [9.17, 15) is 4.79 Å². The predicted molar refractivity (Wildman–Crippen MR) is 64.0 cm³/mol. The summed E-state index contributed by atoms with van der Waals surface area (Å²) in [6.07, 6.45) is 0.466. The predicted octanol–water partition coefficient (Wildman–Crippen LogP) is 0.382. The summed E-state index contributed by atoms with van der Waals surface area (Å²) in [5.41, 5.74) is 14.3. The fraction of sp³-hybridized carbons (Fsp3) is 0.417. The van der Waals surface area contributed by atoms with Crippen molar-refractivity contribution in [1.82, 2.24) is 0 Å². The van der Waals surface area contributed by atoms with Crippen LogP contribution in [0.5, 0.6) is 0 Å². The molecule has 4 N–H and O–H groups in total. The molecule has 0 saturated carbocycles. The maximum absolute atomic E-state index is 11.9. The van der Waals surface area contributed by atoms with Crippen LogP contribution in [0.3, 0.4) is 0 Å². The van der Waals surface area contributed by atoms with Gasteiger partial charge in [0.1, 0.15) is 0 Å². The van der Waals surface area contributed by atoms with Gasteiger partial charge in [0.15, 0.2) is 0 Å². The molecule has 1 amide bonds. The molecule has 86 valence electrons. The molecular formula is C12H17N3O. The van der Waals surface area contributed by atoms with Gasteiger partial charge in [-0.25, -0.2) is 0 Å². The van der Waals surface area contributed by atoms with Gasteiger partial charge in [-0.3, -0.25) is 4.79 Å². The van der Waals surface area contributed by atoms with E-state index in [-0.39, 0.29) is 11.9 Å². The van der Waals surface area contributed by atoms with Crippen molar-refractivity contribution in [3.63, 3.8) is 0 Å². The number of amides is 1. The van der Waals surface area contributed by atoms with E-state index in [1.165, 1.54) is 0 Å². The molecular weight excluding hydrogens is 202 g/mol. The normalized spacial score (nSPS) is 16.4. The van der Waals surface area contributed by atoms with Gasteiger partial charge in [0.05, 0.1) is 6.42 Å². The molecule has 2 rings (SSSR count). The first-order valence-electron chi connectivity index (χ1n) is 5.51. The smallest absolute Gasteiger partial charge is 0.231 e. The third kappa shape index (κ3) is 1.70. The van der Waals surface area contributed by atoms with E-state index in [1.54, 1.807) is 4.90 Å². The summed E-state index contributed by atoms with van der Waals surface area (Å²) < 4.78 is 0. The zero-order chi connectivity index (χ0) is 11.7. The lowest BCUT2D eigenvalue weighted by molar-refractivity contribution is -0.117. The van der Waals surface area contributed by atoms with Crippen LogP contribution in [0.15, 0.2) is 18.2 Å². The van der Waals surface area contributed by atoms with Gasteiger partial charge in [-0.2, -0.15) is 0 Å². The fourth-order valence-electron chi connectivity index (χ4n) is 2.11. The first kappa shape index (κ1) is 11.1. The molecule has 1 atom stereocenters. The Kier molecular flexibility index (Phi) is 2.94. The number of nitrogens with two attached hydrogens (primary N) is 2. The number of benzene rings is 1. The Morgan fingerprint density at radius 1 is 1.44 bits per heavy atom. The molecule has 0 radical (unpaired) electrons. The van der Waals surface area contributed by atoms with Gasteiger partial charge in [-0.1, -0.05) is 12.1 Å². The molecule has 0 aromatic heterocycles. The van der Waals surface area contributed by atoms with Crippen LogP contribution in [0.2, 0.25) is 0 Å². The van der Waals surface area contributed by atoms with E-state index in [0.717, 1.165) is 16.8 Å². The van der Waals surface area contributed by atoms with Gasteiger partial charge >= 0.3 is 0 Å². The molecule has 0 bridgehead atoms. The molecule has 16 heavy (non-hydrogen) atoms. The Labute approximate surface area is 95.2 Å². The Bertz CT molecular complexity index is 417. The van der Waals surface area contributed by atoms with Crippen molar-refractivity contribution < 1.29 is 4.79 Å². The zero-order valence-electron chi connectivity index (χ0n) is 9.44. The number of hydrogen-bond acceptors (Lipinski definition) is 3. The van der Waals surface area contributed by atoms with Gasteiger partial charge in [0.25, 0.3) is 0 Å². The van der Waals surface area contributed by atoms with Gasteiger partial charge in [-0.15, -0.1) is 0 Å². The Morgan fingerprint density at radius 2 is 2.19 bits per heavy atom. The molecule has 4 nitrogen and oxygen atoms in total. The molecule has 1 heterocycles. The highest BCUT2D eigenvalue weighted by atomic mass is 16.2. The Hall–Kier alpha value is -1.39. The van der Waals surface area contributed by atoms with Crippen molar-refractivity contribution in [3.8, 4) is 0 Å². The zero-order valence-corrected chi connectivity index (χ0v) is 9.44. The first-order chi connectivity index (χ1) is 7.67. The second-order valence-corrected chi connectivity index (χ2v) is 4.19. The lowest BCUT2D eigenvalue weighted by Gasteiger charge is -2.24. The van der Waals surface area contributed by atoms with Crippen molar-refractivity contribution in [2.45, 2.75) is 25.9 Å². The first-order valence-corrected chi connectivity index (χ1v) is 5.51. The van der Waals surface area contributed by atoms with Crippen LogP contribution >= 0.6 is 0 Å². The Morgan fingerprint density at radius 3 is 2.81 bits per heavy atom. The third-order valence-electron chi connectivity index (χ3n) is 3.03. The maximum atomic E-state index is 11.9. The van der Waals surface area contributed by atoms with Gasteiger partial charge in [0.2, 0.25) is 5.91 Å². The summed E-state index contributed by atoms with van der Waals surface area (Å²) in [6.45, 7) is 2.95. The van der Waals surface area contributed by atoms with Crippen LogP contribution in [0.25, 0.3) is 0 Å². The second-order valence-electron chi connectivity index (χ2n) is 4.19. The fourth-order valence-corrected chi connectivity index (χ4v) is 2.11. The lowest BCUT2D eigenvalue weighted by Crippen LogP contribution is -2.40. The summed E-state index contributed by atoms with van der Waals surface area (Å²) in [5.74, 6) is 0.127. The largest absolute Gasteiger partial charge is 0.328 e. The van der Waals surface area contributed by atoms with E-state index < -0.39 is 0 Å². The molecule has 1 aromatic carbocycles. The highest BCUT2D eigenvalue weighted by Gasteiger charge is 2.30. The summed E-state index contributed by atoms with van der Waals surface area (Å²) in [6, 6.07) is 6.00. The van der Waals surface area contributed by atoms with Crippen LogP contribution in [0, 0.1) is 0 Å². The molecule has 0 aliphatic carbocycles. The summed E-state index contributed by atoms with van der Waals surface area (Å²) in [7, 11) is 0. The number of nitrogens with zero attached hydrogens (tertiary/aromatic N) is 1. The van der Waals surface area contributed by atoms with E-state index in [0.29, 0.717) is 19.5 Å². The van der Waals surface area contributed by atoms with E-state index in [4.69, 9.17) is 11.5 Å². The molecule has 0 spiro atoms. The summed E-state index contributed by atoms with van der Waals surface area (Å²) >= 11 is 0. The van der Waals surface area contributed by atoms with Crippen LogP contribution in [0.4, 0.5) is 5.69 Å². The number of fused-ring (bicyclic) bond motifs is 1. The second kappa shape index (κ2) is 4.23. The van der Waals surface area contributed by atoms with Crippen LogP contribution in [-0.2, 0) is 17.8 Å². The molecule has 1 unspecified atom stereocenters. The number of anilines is 1. The third-order valence-corrected chi connectivity index (χ3v) is 3.03. The SMILES string of the molecule is CC(CN)N1C(=O)Cc2cc(CN)ccc21. The minimum atomic E-state index is 0.0532. The molecule has 1 aliphatic rings. The van der Waals surface area contributed by atoms with Crippen molar-refractivity contribution >= 4 is 11.6 Å². The summed E-state index contributed by atoms with van der Waals surface area (Å²) in [4.78, 5) is 13.7. The molecule has 1 aromatic rings. The van der Waals surface area contributed by atoms with Crippen molar-refractivity contribution in [1.29, 1.82) is 0 Å². The summed E-state index contributed by atoms with van der Waals surface area (Å²) in [5, 5.41) is 0. The van der Waals surface area contributed by atoms with Gasteiger partial charge in [-0.05, 0) is 24.1 Å². The van der Waals surface area contributed by atoms with Gasteiger partial charge < -0.3 is 16.4 Å². The molecule has 1 aliphatic heterocycles. The number of carbonyl (C=O) groups is 1. The van der Waals surface area contributed by atoms with Crippen molar-refractivity contribution in [2.24, 2.45) is 11.5 Å². The molecule has 0 saturated heterocycles. The monoisotopic (exact) mass is 219 g/mol. The average molecular weight is 219 g/mol. The number of carbonyl (C=O) groups excluding carboxylic acids is 1. The number of rotatable bonds is 3.